The Morgan fingerprint density at radius 1 is 1.15 bits per heavy atom. The van der Waals surface area contributed by atoms with Crippen LogP contribution in [-0.4, -0.2) is 25.8 Å². The topological polar surface area (TPSA) is 129 Å². The molecule has 3 N–H and O–H groups in total. The zero-order valence-electron chi connectivity index (χ0n) is 17.7. The fourth-order valence-corrected chi connectivity index (χ4v) is 4.14. The number of nitro benzene ring substituents is 1. The van der Waals surface area contributed by atoms with Crippen LogP contribution in [0.5, 0.6) is 0 Å². The molecule has 0 spiro atoms. The lowest BCUT2D eigenvalue weighted by Crippen LogP contribution is -2.13. The molecule has 2 aromatic heterocycles. The third kappa shape index (κ3) is 5.60. The number of aromatic nitrogens is 3. The highest BCUT2D eigenvalue weighted by atomic mass is 32.1. The van der Waals surface area contributed by atoms with E-state index in [1.165, 1.54) is 6.07 Å². The van der Waals surface area contributed by atoms with E-state index < -0.39 is 0 Å². The fraction of sp³-hybridized carbons (Fsp3) is 0.174. The minimum Gasteiger partial charge on any atom is -0.397 e. The molecule has 4 aromatic rings. The summed E-state index contributed by atoms with van der Waals surface area (Å²) in [5.41, 5.74) is 9.52. The van der Waals surface area contributed by atoms with Gasteiger partial charge in [0.05, 0.1) is 22.0 Å². The molecule has 1 amide bonds. The number of nitrogen functional groups attached to an aromatic ring is 1. The van der Waals surface area contributed by atoms with E-state index >= 15 is 0 Å². The van der Waals surface area contributed by atoms with Gasteiger partial charge in [-0.1, -0.05) is 35.5 Å². The Labute approximate surface area is 194 Å². The van der Waals surface area contributed by atoms with Crippen LogP contribution in [0.4, 0.5) is 17.1 Å². The van der Waals surface area contributed by atoms with Crippen molar-refractivity contribution in [2.75, 3.05) is 11.1 Å². The quantitative estimate of drug-likeness (QED) is 0.217. The standard InChI is InChI=1S/C23H22N6O3S/c24-19-9-7-17(22-6-3-13-33-22)14-20(19)25-23(30)10-8-18-15-28(27-26-18)12-11-16-4-1-2-5-21(16)29(31)32/h1-7,9,13-15H,8,10-12,24H2,(H,25,30). The Bertz CT molecular complexity index is 1270. The molecular formula is C23H22N6O3S. The van der Waals surface area contributed by atoms with Crippen molar-refractivity contribution in [2.45, 2.75) is 25.8 Å². The first-order valence-corrected chi connectivity index (χ1v) is 11.2. The van der Waals surface area contributed by atoms with Gasteiger partial charge >= 0.3 is 0 Å². The van der Waals surface area contributed by atoms with Gasteiger partial charge in [-0.2, -0.15) is 0 Å². The van der Waals surface area contributed by atoms with Gasteiger partial charge in [0.25, 0.3) is 5.69 Å². The van der Waals surface area contributed by atoms with Gasteiger partial charge in [0.1, 0.15) is 0 Å². The number of amides is 1. The Balaban J connectivity index is 1.31. The van der Waals surface area contributed by atoms with E-state index in [4.69, 9.17) is 5.73 Å². The predicted octanol–water partition coefficient (Wildman–Crippen LogP) is 4.31. The van der Waals surface area contributed by atoms with Gasteiger partial charge in [-0.25, -0.2) is 0 Å². The van der Waals surface area contributed by atoms with E-state index in [0.29, 0.717) is 42.0 Å². The van der Waals surface area contributed by atoms with E-state index in [9.17, 15) is 14.9 Å². The number of carbonyl (C=O) groups excluding carboxylic acids is 1. The summed E-state index contributed by atoms with van der Waals surface area (Å²) in [4.78, 5) is 24.3. The van der Waals surface area contributed by atoms with Crippen LogP contribution in [0, 0.1) is 10.1 Å². The molecule has 0 saturated heterocycles. The summed E-state index contributed by atoms with van der Waals surface area (Å²) in [5.74, 6) is -0.167. The van der Waals surface area contributed by atoms with Crippen molar-refractivity contribution >= 4 is 34.3 Å². The number of carbonyl (C=O) groups is 1. The predicted molar refractivity (Wildman–Crippen MR) is 128 cm³/mol. The number of hydrogen-bond donors (Lipinski definition) is 2. The van der Waals surface area contributed by atoms with Crippen molar-refractivity contribution in [3.8, 4) is 10.4 Å². The number of nitrogens with two attached hydrogens (primary N) is 1. The smallest absolute Gasteiger partial charge is 0.272 e. The summed E-state index contributed by atoms with van der Waals surface area (Å²) < 4.78 is 1.63. The number of anilines is 2. The van der Waals surface area contributed by atoms with Gasteiger partial charge in [-0.05, 0) is 35.6 Å². The van der Waals surface area contributed by atoms with Crippen molar-refractivity contribution in [3.63, 3.8) is 0 Å². The number of benzene rings is 2. The number of aryl methyl sites for hydroxylation is 3. The molecule has 33 heavy (non-hydrogen) atoms. The fourth-order valence-electron chi connectivity index (χ4n) is 3.41. The number of nitrogens with one attached hydrogen (secondary N) is 1. The van der Waals surface area contributed by atoms with E-state index in [1.807, 2.05) is 29.6 Å². The van der Waals surface area contributed by atoms with Crippen molar-refractivity contribution in [1.29, 1.82) is 0 Å². The zero-order chi connectivity index (χ0) is 23.2. The molecule has 0 saturated carbocycles. The normalized spacial score (nSPS) is 10.8. The summed E-state index contributed by atoms with van der Waals surface area (Å²) in [6.45, 7) is 0.454. The zero-order valence-corrected chi connectivity index (χ0v) is 18.5. The van der Waals surface area contributed by atoms with Crippen LogP contribution in [0.15, 0.2) is 66.2 Å². The highest BCUT2D eigenvalue weighted by Gasteiger charge is 2.13. The first-order chi connectivity index (χ1) is 16.0. The summed E-state index contributed by atoms with van der Waals surface area (Å²) >= 11 is 1.62. The van der Waals surface area contributed by atoms with Gasteiger partial charge < -0.3 is 11.1 Å². The van der Waals surface area contributed by atoms with E-state index in [1.54, 1.807) is 46.5 Å². The second-order valence-electron chi connectivity index (χ2n) is 7.44. The van der Waals surface area contributed by atoms with E-state index in [2.05, 4.69) is 15.6 Å². The summed E-state index contributed by atoms with van der Waals surface area (Å²) in [5, 5.41) is 24.2. The highest BCUT2D eigenvalue weighted by Crippen LogP contribution is 2.30. The molecular weight excluding hydrogens is 440 g/mol. The SMILES string of the molecule is Nc1ccc(-c2cccs2)cc1NC(=O)CCc1cn(CCc2ccccc2[N+](=O)[O-])nn1. The Hall–Kier alpha value is -4.05. The van der Waals surface area contributed by atoms with Crippen molar-refractivity contribution in [2.24, 2.45) is 0 Å². The average molecular weight is 463 g/mol. The third-order valence-electron chi connectivity index (χ3n) is 5.13. The maximum Gasteiger partial charge on any atom is 0.272 e. The molecule has 0 aliphatic carbocycles. The molecule has 10 heteroatoms. The minimum absolute atomic E-state index is 0.0944. The molecule has 0 aliphatic heterocycles. The Morgan fingerprint density at radius 3 is 2.79 bits per heavy atom. The molecule has 0 aliphatic rings. The van der Waals surface area contributed by atoms with Gasteiger partial charge in [-0.15, -0.1) is 16.4 Å². The number of rotatable bonds is 9. The second-order valence-corrected chi connectivity index (χ2v) is 8.38. The average Bonchev–Trinajstić information content (AvgIpc) is 3.50. The van der Waals surface area contributed by atoms with Crippen LogP contribution < -0.4 is 11.1 Å². The van der Waals surface area contributed by atoms with E-state index in [0.717, 1.165) is 10.4 Å². The largest absolute Gasteiger partial charge is 0.397 e. The first-order valence-electron chi connectivity index (χ1n) is 10.3. The summed E-state index contributed by atoms with van der Waals surface area (Å²) in [6.07, 6.45) is 2.86. The van der Waals surface area contributed by atoms with Crippen LogP contribution in [0.2, 0.25) is 0 Å². The van der Waals surface area contributed by atoms with Crippen LogP contribution in [-0.2, 0) is 24.2 Å². The van der Waals surface area contributed by atoms with Crippen LogP contribution in [0.3, 0.4) is 0 Å². The molecule has 2 aromatic carbocycles. The van der Waals surface area contributed by atoms with Gasteiger partial charge in [0, 0.05) is 42.1 Å². The molecule has 4 rings (SSSR count). The molecule has 9 nitrogen and oxygen atoms in total. The third-order valence-corrected chi connectivity index (χ3v) is 6.04. The lowest BCUT2D eigenvalue weighted by molar-refractivity contribution is -0.385. The van der Waals surface area contributed by atoms with Gasteiger partial charge in [-0.3, -0.25) is 19.6 Å². The summed E-state index contributed by atoms with van der Waals surface area (Å²) in [6, 6.07) is 16.2. The Kier molecular flexibility index (Phi) is 6.75. The van der Waals surface area contributed by atoms with Crippen LogP contribution in [0.1, 0.15) is 17.7 Å². The van der Waals surface area contributed by atoms with Gasteiger partial charge in [0.15, 0.2) is 0 Å². The van der Waals surface area contributed by atoms with Crippen molar-refractivity contribution in [3.05, 3.63) is 87.5 Å². The number of para-hydroxylation sites is 1. The molecule has 168 valence electrons. The second kappa shape index (κ2) is 10.0. The van der Waals surface area contributed by atoms with Crippen molar-refractivity contribution in [1.82, 2.24) is 15.0 Å². The summed E-state index contributed by atoms with van der Waals surface area (Å²) in [7, 11) is 0. The number of thiophene rings is 1. The molecule has 0 bridgehead atoms. The maximum atomic E-state index is 12.5. The van der Waals surface area contributed by atoms with E-state index in [-0.39, 0.29) is 22.9 Å². The van der Waals surface area contributed by atoms with Crippen LogP contribution in [0.25, 0.3) is 10.4 Å². The molecule has 0 fully saturated rings. The highest BCUT2D eigenvalue weighted by molar-refractivity contribution is 7.13. The molecule has 0 radical (unpaired) electrons. The number of hydrogen-bond acceptors (Lipinski definition) is 7. The number of nitro groups is 1. The van der Waals surface area contributed by atoms with Gasteiger partial charge in [0.2, 0.25) is 5.91 Å². The molecule has 0 atom stereocenters. The molecule has 2 heterocycles. The first kappa shape index (κ1) is 22.2. The van der Waals surface area contributed by atoms with Crippen LogP contribution >= 0.6 is 11.3 Å². The number of nitrogens with zero attached hydrogens (tertiary/aromatic N) is 4. The maximum absolute atomic E-state index is 12.5. The minimum atomic E-state index is -0.385. The Morgan fingerprint density at radius 2 is 2.00 bits per heavy atom. The monoisotopic (exact) mass is 462 g/mol. The molecule has 0 unspecified atom stereocenters. The lowest BCUT2D eigenvalue weighted by Gasteiger charge is -2.09. The van der Waals surface area contributed by atoms with Crippen molar-refractivity contribution < 1.29 is 9.72 Å². The lowest BCUT2D eigenvalue weighted by atomic mass is 10.1.